The first-order valence-corrected chi connectivity index (χ1v) is 7.55. The number of nitrogens with zero attached hydrogens (tertiary/aromatic N) is 5. The summed E-state index contributed by atoms with van der Waals surface area (Å²) in [5.41, 5.74) is 5.32. The van der Waals surface area contributed by atoms with Crippen molar-refractivity contribution in [1.82, 2.24) is 15.3 Å². The van der Waals surface area contributed by atoms with E-state index in [9.17, 15) is 0 Å². The van der Waals surface area contributed by atoms with Crippen LogP contribution >= 0.6 is 0 Å². The van der Waals surface area contributed by atoms with Crippen LogP contribution in [0, 0.1) is 0 Å². The lowest BCUT2D eigenvalue weighted by atomic mass is 10.0. The smallest absolute Gasteiger partial charge is 0.306 e. The maximum Gasteiger partial charge on any atom is 0.306 e. The van der Waals surface area contributed by atoms with Gasteiger partial charge in [-0.1, -0.05) is 19.9 Å². The van der Waals surface area contributed by atoms with Gasteiger partial charge in [0.15, 0.2) is 6.17 Å². The van der Waals surface area contributed by atoms with Crippen molar-refractivity contribution in [3.05, 3.63) is 24.0 Å². The highest BCUT2D eigenvalue weighted by Crippen LogP contribution is 2.27. The quantitative estimate of drug-likeness (QED) is 0.574. The van der Waals surface area contributed by atoms with Crippen molar-refractivity contribution in [2.24, 2.45) is 15.0 Å². The number of aliphatic imine (C=N–C) groups is 3. The minimum absolute atomic E-state index is 0.0840. The largest absolute Gasteiger partial charge is 0.464 e. The zero-order valence-electron chi connectivity index (χ0n) is 13.5. The predicted octanol–water partition coefficient (Wildman–Crippen LogP) is 1.72. The van der Waals surface area contributed by atoms with E-state index in [4.69, 9.17) is 4.74 Å². The Morgan fingerprint density at radius 3 is 3.00 bits per heavy atom. The molecule has 0 aromatic rings. The summed E-state index contributed by atoms with van der Waals surface area (Å²) in [6.45, 7) is 9.12. The van der Waals surface area contributed by atoms with E-state index < -0.39 is 0 Å². The number of nitrogens with one attached hydrogen (secondary N) is 1. The van der Waals surface area contributed by atoms with Gasteiger partial charge in [0.05, 0.1) is 25.2 Å². The fraction of sp³-hybridized carbons (Fsp3) is 0.533. The van der Waals surface area contributed by atoms with Gasteiger partial charge in [0.2, 0.25) is 0 Å². The standard InChI is InChI=1S/C15H24N6O/c1-5-8-12-13(9-20(6-2)10-16-4)17-11-21-14(12)18-15(19-21)22-7-3/h6,10-11,14H,2,5,7-9H2,1,3-4H3,(H,18,19). The maximum atomic E-state index is 5.46. The Hall–Kier alpha value is -2.31. The van der Waals surface area contributed by atoms with Crippen molar-refractivity contribution >= 4 is 18.7 Å². The van der Waals surface area contributed by atoms with Crippen LogP contribution < -0.4 is 5.43 Å². The highest BCUT2D eigenvalue weighted by atomic mass is 16.5. The predicted molar refractivity (Wildman–Crippen MR) is 89.6 cm³/mol. The van der Waals surface area contributed by atoms with E-state index in [0.717, 1.165) is 18.5 Å². The van der Waals surface area contributed by atoms with Gasteiger partial charge in [-0.3, -0.25) is 4.99 Å². The lowest BCUT2D eigenvalue weighted by molar-refractivity contribution is 0.282. The summed E-state index contributed by atoms with van der Waals surface area (Å²) in [6, 6.07) is 0.546. The van der Waals surface area contributed by atoms with Crippen molar-refractivity contribution in [2.45, 2.75) is 32.9 Å². The van der Waals surface area contributed by atoms with E-state index in [2.05, 4.69) is 33.9 Å². The molecule has 0 radical (unpaired) electrons. The lowest BCUT2D eigenvalue weighted by Crippen LogP contribution is -2.43. The zero-order valence-corrected chi connectivity index (χ0v) is 13.5. The highest BCUT2D eigenvalue weighted by Gasteiger charge is 2.32. The second-order valence-corrected chi connectivity index (χ2v) is 4.96. The first-order chi connectivity index (χ1) is 10.7. The molecule has 0 bridgehead atoms. The van der Waals surface area contributed by atoms with Crippen molar-refractivity contribution in [1.29, 1.82) is 0 Å². The first-order valence-electron chi connectivity index (χ1n) is 7.55. The van der Waals surface area contributed by atoms with Crippen LogP contribution in [-0.2, 0) is 4.74 Å². The monoisotopic (exact) mass is 304 g/mol. The molecule has 7 nitrogen and oxygen atoms in total. The Bertz CT molecular complexity index is 522. The van der Waals surface area contributed by atoms with Gasteiger partial charge in [-0.25, -0.2) is 20.4 Å². The highest BCUT2D eigenvalue weighted by molar-refractivity contribution is 5.79. The minimum Gasteiger partial charge on any atom is -0.464 e. The van der Waals surface area contributed by atoms with Gasteiger partial charge in [0.1, 0.15) is 6.34 Å². The van der Waals surface area contributed by atoms with Crippen LogP contribution in [0.5, 0.6) is 0 Å². The van der Waals surface area contributed by atoms with E-state index in [-0.39, 0.29) is 6.17 Å². The van der Waals surface area contributed by atoms with Crippen molar-refractivity contribution < 1.29 is 4.74 Å². The van der Waals surface area contributed by atoms with Crippen LogP contribution in [0.3, 0.4) is 0 Å². The molecule has 2 aliphatic rings. The molecule has 1 unspecified atom stereocenters. The number of hydrazine groups is 1. The number of hydrogen-bond acceptors (Lipinski definition) is 6. The Kier molecular flexibility index (Phi) is 5.57. The molecule has 0 saturated carbocycles. The molecule has 2 aliphatic heterocycles. The van der Waals surface area contributed by atoms with Gasteiger partial charge >= 0.3 is 6.02 Å². The summed E-state index contributed by atoms with van der Waals surface area (Å²) in [4.78, 5) is 15.1. The van der Waals surface area contributed by atoms with E-state index in [0.29, 0.717) is 19.2 Å². The molecule has 2 heterocycles. The summed E-state index contributed by atoms with van der Waals surface area (Å²) < 4.78 is 5.46. The Morgan fingerprint density at radius 2 is 2.36 bits per heavy atom. The molecule has 1 atom stereocenters. The minimum atomic E-state index is -0.0840. The number of ether oxygens (including phenoxy) is 1. The van der Waals surface area contributed by atoms with Crippen LogP contribution in [0.2, 0.25) is 0 Å². The van der Waals surface area contributed by atoms with Crippen LogP contribution in [0.15, 0.2) is 39.0 Å². The molecule has 0 aliphatic carbocycles. The topological polar surface area (TPSA) is 64.8 Å². The van der Waals surface area contributed by atoms with Crippen LogP contribution in [0.4, 0.5) is 0 Å². The Balaban J connectivity index is 2.25. The summed E-state index contributed by atoms with van der Waals surface area (Å²) in [7, 11) is 1.74. The zero-order chi connectivity index (χ0) is 15.9. The molecule has 0 fully saturated rings. The maximum absolute atomic E-state index is 5.46. The molecular formula is C15H24N6O. The van der Waals surface area contributed by atoms with Gasteiger partial charge in [0, 0.05) is 7.05 Å². The third-order valence-corrected chi connectivity index (χ3v) is 3.38. The number of hydrogen-bond donors (Lipinski definition) is 1. The fourth-order valence-corrected chi connectivity index (χ4v) is 2.44. The van der Waals surface area contributed by atoms with Gasteiger partial charge in [-0.15, -0.1) is 0 Å². The van der Waals surface area contributed by atoms with Gasteiger partial charge in [-0.2, -0.15) is 0 Å². The van der Waals surface area contributed by atoms with Crippen molar-refractivity contribution in [3.63, 3.8) is 0 Å². The van der Waals surface area contributed by atoms with Crippen molar-refractivity contribution in [2.75, 3.05) is 20.2 Å². The normalized spacial score (nSPS) is 20.0. The Morgan fingerprint density at radius 1 is 1.55 bits per heavy atom. The van der Waals surface area contributed by atoms with Crippen LogP contribution in [0.1, 0.15) is 26.7 Å². The van der Waals surface area contributed by atoms with Gasteiger partial charge < -0.3 is 9.64 Å². The molecule has 0 saturated heterocycles. The Labute approximate surface area is 131 Å². The summed E-state index contributed by atoms with van der Waals surface area (Å²) in [5.74, 6) is 0. The van der Waals surface area contributed by atoms with Crippen LogP contribution in [-0.4, -0.2) is 55.0 Å². The fourth-order valence-electron chi connectivity index (χ4n) is 2.44. The lowest BCUT2D eigenvalue weighted by Gasteiger charge is -2.28. The van der Waals surface area contributed by atoms with E-state index in [1.54, 1.807) is 25.9 Å². The molecule has 7 heteroatoms. The average molecular weight is 304 g/mol. The third-order valence-electron chi connectivity index (χ3n) is 3.38. The third kappa shape index (κ3) is 3.47. The molecule has 2 rings (SSSR count). The molecule has 1 N–H and O–H groups in total. The average Bonchev–Trinajstić information content (AvgIpc) is 2.92. The van der Waals surface area contributed by atoms with Crippen molar-refractivity contribution in [3.8, 4) is 0 Å². The summed E-state index contributed by atoms with van der Waals surface area (Å²) in [6.07, 6.45) is 7.14. The second kappa shape index (κ2) is 7.63. The SMILES string of the molecule is C=CN(C=NC)CC1=C(CCC)C2N=C(OCC)NN2C=N1. The van der Waals surface area contributed by atoms with Crippen LogP contribution in [0.25, 0.3) is 0 Å². The molecule has 22 heavy (non-hydrogen) atoms. The van der Waals surface area contributed by atoms with E-state index >= 15 is 0 Å². The molecule has 120 valence electrons. The van der Waals surface area contributed by atoms with Gasteiger partial charge in [0.25, 0.3) is 0 Å². The van der Waals surface area contributed by atoms with E-state index in [1.165, 1.54) is 5.57 Å². The number of rotatable bonds is 7. The first kappa shape index (κ1) is 16.1. The summed E-state index contributed by atoms with van der Waals surface area (Å²) in [5, 5.41) is 1.88. The van der Waals surface area contributed by atoms with Gasteiger partial charge in [-0.05, 0) is 25.1 Å². The molecular weight excluding hydrogens is 280 g/mol. The molecule has 0 aromatic carbocycles. The van der Waals surface area contributed by atoms with E-state index in [1.807, 2.05) is 16.8 Å². The second-order valence-electron chi connectivity index (χ2n) is 4.96. The number of amidine groups is 1. The molecule has 0 aromatic heterocycles. The number of fused-ring (bicyclic) bond motifs is 1. The molecule has 0 spiro atoms. The molecule has 0 amide bonds. The summed E-state index contributed by atoms with van der Waals surface area (Å²) >= 11 is 0.